The summed E-state index contributed by atoms with van der Waals surface area (Å²) in [4.78, 5) is 26.4. The van der Waals surface area contributed by atoms with Gasteiger partial charge in [-0.05, 0) is 31.7 Å². The van der Waals surface area contributed by atoms with E-state index in [9.17, 15) is 9.59 Å². The summed E-state index contributed by atoms with van der Waals surface area (Å²) in [5.74, 6) is -0.532. The van der Waals surface area contributed by atoms with Gasteiger partial charge in [0.05, 0.1) is 0 Å². The molecular weight excluding hydrogens is 222 g/mol. The minimum Gasteiger partial charge on any atom is -0.480 e. The fourth-order valence-corrected chi connectivity index (χ4v) is 2.63. The van der Waals surface area contributed by atoms with E-state index in [1.54, 1.807) is 4.90 Å². The van der Waals surface area contributed by atoms with E-state index in [1.807, 2.05) is 0 Å². The van der Waals surface area contributed by atoms with Gasteiger partial charge in [0.25, 0.3) is 0 Å². The first kappa shape index (κ1) is 12.2. The number of nitrogens with two attached hydrogens (primary N) is 1. The molecule has 0 aromatic carbocycles. The number of nitrogens with zero attached hydrogens (tertiary/aromatic N) is 2. The number of hydrogen-bond donors (Lipinski definition) is 2. The van der Waals surface area contributed by atoms with Crippen molar-refractivity contribution in [2.45, 2.75) is 25.3 Å². The minimum atomic E-state index is -0.898. The Hall–Kier alpha value is -1.30. The van der Waals surface area contributed by atoms with Crippen LogP contribution in [0.3, 0.4) is 0 Å². The van der Waals surface area contributed by atoms with Gasteiger partial charge in [0.2, 0.25) is 0 Å². The van der Waals surface area contributed by atoms with Crippen LogP contribution in [-0.4, -0.2) is 59.1 Å². The zero-order valence-electron chi connectivity index (χ0n) is 9.84. The molecule has 0 aromatic heterocycles. The Morgan fingerprint density at radius 1 is 1.29 bits per heavy atom. The first-order chi connectivity index (χ1) is 8.13. The van der Waals surface area contributed by atoms with Crippen LogP contribution in [0.5, 0.6) is 0 Å². The van der Waals surface area contributed by atoms with E-state index >= 15 is 0 Å². The Balaban J connectivity index is 1.98. The van der Waals surface area contributed by atoms with Crippen molar-refractivity contribution in [2.75, 3.05) is 26.2 Å². The molecule has 2 aliphatic heterocycles. The standard InChI is InChI=1S/C11H19N3O3/c12-6-8-3-5-13(7-8)11(17)14-4-1-2-9(14)10(15)16/h8-9H,1-7,12H2,(H,15,16)/t8?,9-/m0/s1. The Morgan fingerprint density at radius 3 is 2.65 bits per heavy atom. The van der Waals surface area contributed by atoms with Crippen LogP contribution in [0.1, 0.15) is 19.3 Å². The zero-order chi connectivity index (χ0) is 12.4. The predicted octanol–water partition coefficient (Wildman–Crippen LogP) is -0.0640. The van der Waals surface area contributed by atoms with Crippen molar-refractivity contribution in [3.05, 3.63) is 0 Å². The number of aliphatic carboxylic acids is 1. The number of carboxylic acid groups (broad SMARTS) is 1. The van der Waals surface area contributed by atoms with Gasteiger partial charge in [0, 0.05) is 19.6 Å². The quantitative estimate of drug-likeness (QED) is 0.709. The van der Waals surface area contributed by atoms with Crippen LogP contribution in [0.4, 0.5) is 4.79 Å². The van der Waals surface area contributed by atoms with E-state index in [0.717, 1.165) is 12.8 Å². The molecule has 0 aliphatic carbocycles. The van der Waals surface area contributed by atoms with Crippen molar-refractivity contribution < 1.29 is 14.7 Å². The average molecular weight is 241 g/mol. The lowest BCUT2D eigenvalue weighted by molar-refractivity contribution is -0.141. The van der Waals surface area contributed by atoms with Crippen molar-refractivity contribution in [2.24, 2.45) is 11.7 Å². The van der Waals surface area contributed by atoms with Crippen molar-refractivity contribution in [3.63, 3.8) is 0 Å². The molecule has 2 rings (SSSR count). The number of hydrogen-bond acceptors (Lipinski definition) is 3. The summed E-state index contributed by atoms with van der Waals surface area (Å²) in [6, 6.07) is -0.773. The average Bonchev–Trinajstić information content (AvgIpc) is 2.97. The van der Waals surface area contributed by atoms with Crippen LogP contribution < -0.4 is 5.73 Å². The summed E-state index contributed by atoms with van der Waals surface area (Å²) in [6.07, 6.45) is 2.26. The number of likely N-dealkylation sites (tertiary alicyclic amines) is 2. The highest BCUT2D eigenvalue weighted by Crippen LogP contribution is 2.22. The van der Waals surface area contributed by atoms with Gasteiger partial charge in [-0.2, -0.15) is 0 Å². The van der Waals surface area contributed by atoms with Crippen molar-refractivity contribution >= 4 is 12.0 Å². The molecule has 0 saturated carbocycles. The van der Waals surface area contributed by atoms with Crippen LogP contribution in [0.25, 0.3) is 0 Å². The third-order valence-corrected chi connectivity index (χ3v) is 3.67. The number of urea groups is 1. The second-order valence-electron chi connectivity index (χ2n) is 4.81. The van der Waals surface area contributed by atoms with Crippen LogP contribution >= 0.6 is 0 Å². The SMILES string of the molecule is NCC1CCN(C(=O)N2CCC[C@H]2C(=O)O)C1. The Kier molecular flexibility index (Phi) is 3.51. The molecule has 3 N–H and O–H groups in total. The normalized spacial score (nSPS) is 28.8. The van der Waals surface area contributed by atoms with E-state index in [-0.39, 0.29) is 6.03 Å². The number of rotatable bonds is 2. The first-order valence-electron chi connectivity index (χ1n) is 6.12. The van der Waals surface area contributed by atoms with E-state index in [1.165, 1.54) is 4.90 Å². The molecule has 0 spiro atoms. The molecule has 0 bridgehead atoms. The molecule has 6 heteroatoms. The lowest BCUT2D eigenvalue weighted by Gasteiger charge is -2.27. The number of carbonyl (C=O) groups is 2. The third-order valence-electron chi connectivity index (χ3n) is 3.67. The molecule has 2 aliphatic rings. The fourth-order valence-electron chi connectivity index (χ4n) is 2.63. The van der Waals surface area contributed by atoms with Crippen molar-refractivity contribution in [1.29, 1.82) is 0 Å². The summed E-state index contributed by atoms with van der Waals surface area (Å²) in [7, 11) is 0. The number of amides is 2. The lowest BCUT2D eigenvalue weighted by atomic mass is 10.1. The van der Waals surface area contributed by atoms with Gasteiger partial charge >= 0.3 is 12.0 Å². The highest BCUT2D eigenvalue weighted by atomic mass is 16.4. The maximum Gasteiger partial charge on any atom is 0.326 e. The van der Waals surface area contributed by atoms with Gasteiger partial charge in [-0.3, -0.25) is 0 Å². The van der Waals surface area contributed by atoms with Gasteiger partial charge in [-0.15, -0.1) is 0 Å². The maximum atomic E-state index is 12.2. The van der Waals surface area contributed by atoms with Gasteiger partial charge in [0.15, 0.2) is 0 Å². The second kappa shape index (κ2) is 4.91. The summed E-state index contributed by atoms with van der Waals surface area (Å²) in [5.41, 5.74) is 5.58. The van der Waals surface area contributed by atoms with Gasteiger partial charge in [-0.25, -0.2) is 9.59 Å². The molecule has 2 heterocycles. The van der Waals surface area contributed by atoms with E-state index in [0.29, 0.717) is 38.5 Å². The minimum absolute atomic E-state index is 0.133. The zero-order valence-corrected chi connectivity index (χ0v) is 9.84. The lowest BCUT2D eigenvalue weighted by Crippen LogP contribution is -2.47. The Bertz CT molecular complexity index is 321. The van der Waals surface area contributed by atoms with Gasteiger partial charge in [-0.1, -0.05) is 0 Å². The van der Waals surface area contributed by atoms with Crippen LogP contribution in [0, 0.1) is 5.92 Å². The van der Waals surface area contributed by atoms with Crippen molar-refractivity contribution in [1.82, 2.24) is 9.80 Å². The third kappa shape index (κ3) is 2.36. The fraction of sp³-hybridized carbons (Fsp3) is 0.818. The first-order valence-corrected chi connectivity index (χ1v) is 6.12. The molecule has 2 fully saturated rings. The van der Waals surface area contributed by atoms with Crippen LogP contribution in [0.2, 0.25) is 0 Å². The molecule has 17 heavy (non-hydrogen) atoms. The molecule has 96 valence electrons. The van der Waals surface area contributed by atoms with E-state index < -0.39 is 12.0 Å². The summed E-state index contributed by atoms with van der Waals surface area (Å²) >= 11 is 0. The summed E-state index contributed by atoms with van der Waals surface area (Å²) < 4.78 is 0. The maximum absolute atomic E-state index is 12.2. The second-order valence-corrected chi connectivity index (χ2v) is 4.81. The highest BCUT2D eigenvalue weighted by Gasteiger charge is 2.37. The van der Waals surface area contributed by atoms with Crippen LogP contribution in [-0.2, 0) is 4.79 Å². The smallest absolute Gasteiger partial charge is 0.326 e. The van der Waals surface area contributed by atoms with Crippen LogP contribution in [0.15, 0.2) is 0 Å². The molecule has 0 radical (unpaired) electrons. The largest absolute Gasteiger partial charge is 0.480 e. The van der Waals surface area contributed by atoms with Crippen molar-refractivity contribution in [3.8, 4) is 0 Å². The van der Waals surface area contributed by atoms with Gasteiger partial charge < -0.3 is 20.6 Å². The topological polar surface area (TPSA) is 86.9 Å². The van der Waals surface area contributed by atoms with E-state index in [4.69, 9.17) is 10.8 Å². The van der Waals surface area contributed by atoms with E-state index in [2.05, 4.69) is 0 Å². The molecule has 2 atom stereocenters. The summed E-state index contributed by atoms with van der Waals surface area (Å²) in [6.45, 7) is 2.51. The predicted molar refractivity (Wildman–Crippen MR) is 61.5 cm³/mol. The Morgan fingerprint density at radius 2 is 2.06 bits per heavy atom. The number of carbonyl (C=O) groups excluding carboxylic acids is 1. The molecule has 2 amide bonds. The number of carboxylic acids is 1. The van der Waals surface area contributed by atoms with Gasteiger partial charge in [0.1, 0.15) is 6.04 Å². The summed E-state index contributed by atoms with van der Waals surface area (Å²) in [5, 5.41) is 9.04. The molecule has 6 nitrogen and oxygen atoms in total. The molecule has 0 aromatic rings. The molecule has 2 saturated heterocycles. The molecule has 1 unspecified atom stereocenters. The molecular formula is C11H19N3O3. The monoisotopic (exact) mass is 241 g/mol. The highest BCUT2D eigenvalue weighted by molar-refractivity contribution is 5.83. The Labute approximate surface area is 100 Å².